The Morgan fingerprint density at radius 1 is 1.38 bits per heavy atom. The van der Waals surface area contributed by atoms with E-state index in [1.807, 2.05) is 18.2 Å². The molecule has 1 aliphatic rings. The van der Waals surface area contributed by atoms with Crippen LogP contribution in [0.25, 0.3) is 0 Å². The third-order valence-corrected chi connectivity index (χ3v) is 2.37. The maximum absolute atomic E-state index is 9.49. The predicted octanol–water partition coefficient (Wildman–Crippen LogP) is 0.535. The molecule has 0 amide bonds. The van der Waals surface area contributed by atoms with E-state index in [1.165, 1.54) is 0 Å². The number of phenolic OH excluding ortho intramolecular Hbond substituents is 1. The second-order valence-electron chi connectivity index (χ2n) is 3.58. The normalized spacial score (nSPS) is 18.5. The van der Waals surface area contributed by atoms with Crippen LogP contribution in [0.3, 0.4) is 0 Å². The largest absolute Gasteiger partial charge is 0.508 e. The lowest BCUT2D eigenvalue weighted by molar-refractivity contribution is 0.141. The third-order valence-electron chi connectivity index (χ3n) is 2.37. The summed E-state index contributed by atoms with van der Waals surface area (Å²) in [5.41, 5.74) is 6.64. The standard InChI is InChI=1S/C10H14N2O/c11-9-6-12(7-9)5-8-3-1-2-4-10(8)13/h1-4,9,13H,5-7,11H2. The summed E-state index contributed by atoms with van der Waals surface area (Å²) < 4.78 is 0. The van der Waals surface area contributed by atoms with Crippen molar-refractivity contribution in [2.45, 2.75) is 12.6 Å². The van der Waals surface area contributed by atoms with Crippen molar-refractivity contribution in [2.24, 2.45) is 5.73 Å². The molecular weight excluding hydrogens is 164 g/mol. The Labute approximate surface area is 77.8 Å². The lowest BCUT2D eigenvalue weighted by Gasteiger charge is -2.36. The van der Waals surface area contributed by atoms with Crippen molar-refractivity contribution in [2.75, 3.05) is 13.1 Å². The van der Waals surface area contributed by atoms with Gasteiger partial charge in [0.25, 0.3) is 0 Å². The zero-order chi connectivity index (χ0) is 9.26. The van der Waals surface area contributed by atoms with E-state index < -0.39 is 0 Å². The first-order valence-corrected chi connectivity index (χ1v) is 4.50. The van der Waals surface area contributed by atoms with Crippen LogP contribution in [-0.4, -0.2) is 29.1 Å². The van der Waals surface area contributed by atoms with Crippen molar-refractivity contribution < 1.29 is 5.11 Å². The van der Waals surface area contributed by atoms with Gasteiger partial charge in [-0.05, 0) is 6.07 Å². The van der Waals surface area contributed by atoms with Gasteiger partial charge in [-0.15, -0.1) is 0 Å². The molecule has 3 nitrogen and oxygen atoms in total. The Morgan fingerprint density at radius 3 is 2.69 bits per heavy atom. The average molecular weight is 178 g/mol. The molecule has 0 spiro atoms. The maximum atomic E-state index is 9.49. The molecule has 0 aromatic heterocycles. The highest BCUT2D eigenvalue weighted by Gasteiger charge is 2.23. The minimum Gasteiger partial charge on any atom is -0.508 e. The van der Waals surface area contributed by atoms with Gasteiger partial charge in [-0.25, -0.2) is 0 Å². The van der Waals surface area contributed by atoms with Gasteiger partial charge in [-0.2, -0.15) is 0 Å². The molecule has 1 saturated heterocycles. The number of para-hydroxylation sites is 1. The molecule has 13 heavy (non-hydrogen) atoms. The van der Waals surface area contributed by atoms with Gasteiger partial charge in [0, 0.05) is 31.2 Å². The van der Waals surface area contributed by atoms with Gasteiger partial charge in [0.2, 0.25) is 0 Å². The van der Waals surface area contributed by atoms with Gasteiger partial charge in [0.05, 0.1) is 0 Å². The van der Waals surface area contributed by atoms with Gasteiger partial charge < -0.3 is 10.8 Å². The lowest BCUT2D eigenvalue weighted by atomic mass is 10.1. The van der Waals surface area contributed by atoms with E-state index in [2.05, 4.69) is 4.90 Å². The number of hydrogen-bond acceptors (Lipinski definition) is 3. The van der Waals surface area contributed by atoms with Crippen molar-refractivity contribution in [1.29, 1.82) is 0 Å². The Kier molecular flexibility index (Phi) is 2.20. The molecule has 2 rings (SSSR count). The summed E-state index contributed by atoms with van der Waals surface area (Å²) >= 11 is 0. The van der Waals surface area contributed by atoms with Gasteiger partial charge >= 0.3 is 0 Å². The summed E-state index contributed by atoms with van der Waals surface area (Å²) in [5, 5.41) is 9.49. The minimum atomic E-state index is 0.325. The molecule has 0 unspecified atom stereocenters. The summed E-state index contributed by atoms with van der Waals surface area (Å²) in [7, 11) is 0. The smallest absolute Gasteiger partial charge is 0.120 e. The summed E-state index contributed by atoms with van der Waals surface area (Å²) in [6, 6.07) is 7.76. The van der Waals surface area contributed by atoms with E-state index in [9.17, 15) is 5.11 Å². The van der Waals surface area contributed by atoms with Crippen LogP contribution in [0.2, 0.25) is 0 Å². The molecule has 1 aromatic carbocycles. The van der Waals surface area contributed by atoms with Crippen LogP contribution in [0.5, 0.6) is 5.75 Å². The second-order valence-corrected chi connectivity index (χ2v) is 3.58. The Hall–Kier alpha value is -1.06. The van der Waals surface area contributed by atoms with Crippen molar-refractivity contribution in [3.63, 3.8) is 0 Å². The van der Waals surface area contributed by atoms with Gasteiger partial charge in [-0.3, -0.25) is 4.90 Å². The SMILES string of the molecule is NC1CN(Cc2ccccc2O)C1. The van der Waals surface area contributed by atoms with Crippen LogP contribution in [0.4, 0.5) is 0 Å². The number of benzene rings is 1. The zero-order valence-corrected chi connectivity index (χ0v) is 7.48. The van der Waals surface area contributed by atoms with Crippen molar-refractivity contribution >= 4 is 0 Å². The average Bonchev–Trinajstić information content (AvgIpc) is 2.06. The highest BCUT2D eigenvalue weighted by Crippen LogP contribution is 2.19. The lowest BCUT2D eigenvalue weighted by Crippen LogP contribution is -2.54. The quantitative estimate of drug-likeness (QED) is 0.694. The summed E-state index contributed by atoms with van der Waals surface area (Å²) in [5.74, 6) is 0.378. The Balaban J connectivity index is 1.98. The highest BCUT2D eigenvalue weighted by molar-refractivity contribution is 5.31. The Bertz CT molecular complexity index is 295. The fourth-order valence-electron chi connectivity index (χ4n) is 1.62. The van der Waals surface area contributed by atoms with Crippen LogP contribution in [-0.2, 0) is 6.54 Å². The van der Waals surface area contributed by atoms with Crippen LogP contribution < -0.4 is 5.73 Å². The topological polar surface area (TPSA) is 49.5 Å². The molecule has 70 valence electrons. The fraction of sp³-hybridized carbons (Fsp3) is 0.400. The minimum absolute atomic E-state index is 0.325. The monoisotopic (exact) mass is 178 g/mol. The first-order valence-electron chi connectivity index (χ1n) is 4.50. The van der Waals surface area contributed by atoms with E-state index in [1.54, 1.807) is 6.07 Å². The third kappa shape index (κ3) is 1.82. The fourth-order valence-corrected chi connectivity index (χ4v) is 1.62. The Morgan fingerprint density at radius 2 is 2.08 bits per heavy atom. The molecule has 1 fully saturated rings. The van der Waals surface area contributed by atoms with E-state index >= 15 is 0 Å². The summed E-state index contributed by atoms with van der Waals surface area (Å²) in [6.07, 6.45) is 0. The summed E-state index contributed by atoms with van der Waals surface area (Å²) in [4.78, 5) is 2.22. The molecule has 1 heterocycles. The van der Waals surface area contributed by atoms with E-state index in [0.29, 0.717) is 11.8 Å². The van der Waals surface area contributed by atoms with E-state index in [4.69, 9.17) is 5.73 Å². The number of likely N-dealkylation sites (tertiary alicyclic amines) is 1. The zero-order valence-electron chi connectivity index (χ0n) is 7.48. The first-order chi connectivity index (χ1) is 6.25. The van der Waals surface area contributed by atoms with Crippen molar-refractivity contribution in [3.05, 3.63) is 29.8 Å². The predicted molar refractivity (Wildman–Crippen MR) is 51.4 cm³/mol. The van der Waals surface area contributed by atoms with E-state index in [0.717, 1.165) is 25.2 Å². The molecule has 1 aromatic rings. The number of nitrogens with two attached hydrogens (primary N) is 1. The molecule has 0 atom stereocenters. The molecular formula is C10H14N2O. The molecule has 0 aliphatic carbocycles. The van der Waals surface area contributed by atoms with Crippen molar-refractivity contribution in [3.8, 4) is 5.75 Å². The number of hydrogen-bond donors (Lipinski definition) is 2. The van der Waals surface area contributed by atoms with Crippen LogP contribution in [0.1, 0.15) is 5.56 Å². The number of phenols is 1. The summed E-state index contributed by atoms with van der Waals surface area (Å²) in [6.45, 7) is 2.68. The van der Waals surface area contributed by atoms with Gasteiger partial charge in [0.1, 0.15) is 5.75 Å². The van der Waals surface area contributed by atoms with Crippen LogP contribution in [0.15, 0.2) is 24.3 Å². The highest BCUT2D eigenvalue weighted by atomic mass is 16.3. The number of aromatic hydroxyl groups is 1. The van der Waals surface area contributed by atoms with Crippen LogP contribution in [0, 0.1) is 0 Å². The maximum Gasteiger partial charge on any atom is 0.120 e. The molecule has 0 bridgehead atoms. The molecule has 0 saturated carbocycles. The molecule has 0 radical (unpaired) electrons. The first kappa shape index (κ1) is 8.53. The van der Waals surface area contributed by atoms with E-state index in [-0.39, 0.29) is 0 Å². The molecule has 1 aliphatic heterocycles. The number of rotatable bonds is 2. The molecule has 3 heteroatoms. The number of nitrogens with zero attached hydrogens (tertiary/aromatic N) is 1. The van der Waals surface area contributed by atoms with Crippen molar-refractivity contribution in [1.82, 2.24) is 4.90 Å². The van der Waals surface area contributed by atoms with Gasteiger partial charge in [0.15, 0.2) is 0 Å². The molecule has 3 N–H and O–H groups in total. The van der Waals surface area contributed by atoms with Crippen LogP contribution >= 0.6 is 0 Å². The van der Waals surface area contributed by atoms with Gasteiger partial charge in [-0.1, -0.05) is 18.2 Å². The second kappa shape index (κ2) is 3.36.